The number of carbonyl (C=O) groups excluding carboxylic acids is 2. The molecule has 2 rings (SSSR count). The minimum atomic E-state index is -0.712. The van der Waals surface area contributed by atoms with Crippen molar-refractivity contribution in [2.75, 3.05) is 6.61 Å². The Morgan fingerprint density at radius 1 is 1.39 bits per heavy atom. The van der Waals surface area contributed by atoms with Gasteiger partial charge in [-0.3, -0.25) is 4.79 Å². The molecule has 118 valence electrons. The smallest absolute Gasteiger partial charge is 0.348 e. The summed E-state index contributed by atoms with van der Waals surface area (Å²) >= 11 is 0. The van der Waals surface area contributed by atoms with Gasteiger partial charge in [0.05, 0.1) is 18.3 Å². The monoisotopic (exact) mass is 312 g/mol. The first kappa shape index (κ1) is 16.3. The summed E-state index contributed by atoms with van der Waals surface area (Å²) in [7, 11) is 0. The minimum Gasteiger partial charge on any atom is -0.462 e. The fourth-order valence-corrected chi connectivity index (χ4v) is 2.20. The summed E-state index contributed by atoms with van der Waals surface area (Å²) in [6.07, 6.45) is 3.03. The van der Waals surface area contributed by atoms with E-state index < -0.39 is 11.9 Å². The molecule has 0 radical (unpaired) electrons. The standard InChI is InChI=1S/C17H16N2O4/c1-4-22-17(21)13(9-18)8-14-15-7-5-6-11(2)19(15)10-16(14)23-12(3)20/h5-8,10H,4H2,1-3H3/b13-8+. The van der Waals surface area contributed by atoms with Crippen molar-refractivity contribution in [1.29, 1.82) is 5.26 Å². The van der Waals surface area contributed by atoms with Crippen molar-refractivity contribution in [3.05, 3.63) is 41.2 Å². The van der Waals surface area contributed by atoms with E-state index in [9.17, 15) is 14.9 Å². The van der Waals surface area contributed by atoms with Crippen LogP contribution in [0.5, 0.6) is 5.75 Å². The Balaban J connectivity index is 2.66. The molecule has 0 aliphatic rings. The SMILES string of the molecule is CCOC(=O)/C(C#N)=C/c1c(OC(C)=O)cn2c(C)cccc12. The number of nitrogens with zero attached hydrogens (tertiary/aromatic N) is 2. The first-order valence-electron chi connectivity index (χ1n) is 7.06. The highest BCUT2D eigenvalue weighted by Gasteiger charge is 2.17. The zero-order chi connectivity index (χ0) is 17.0. The fourth-order valence-electron chi connectivity index (χ4n) is 2.20. The van der Waals surface area contributed by atoms with Gasteiger partial charge in [0.2, 0.25) is 0 Å². The summed E-state index contributed by atoms with van der Waals surface area (Å²) in [6, 6.07) is 7.37. The van der Waals surface area contributed by atoms with Gasteiger partial charge in [0, 0.05) is 18.2 Å². The van der Waals surface area contributed by atoms with Gasteiger partial charge < -0.3 is 13.9 Å². The van der Waals surface area contributed by atoms with Gasteiger partial charge in [-0.25, -0.2) is 4.79 Å². The first-order chi connectivity index (χ1) is 11.0. The van der Waals surface area contributed by atoms with E-state index in [0.29, 0.717) is 5.56 Å². The van der Waals surface area contributed by atoms with E-state index >= 15 is 0 Å². The van der Waals surface area contributed by atoms with Crippen LogP contribution in [-0.4, -0.2) is 22.9 Å². The highest BCUT2D eigenvalue weighted by Crippen LogP contribution is 2.29. The van der Waals surface area contributed by atoms with Crippen LogP contribution in [0.4, 0.5) is 0 Å². The second-order valence-corrected chi connectivity index (χ2v) is 4.81. The molecule has 2 heterocycles. The molecule has 23 heavy (non-hydrogen) atoms. The maximum atomic E-state index is 11.8. The number of aryl methyl sites for hydroxylation is 1. The number of esters is 2. The molecule has 2 aromatic heterocycles. The molecule has 0 aliphatic heterocycles. The lowest BCUT2D eigenvalue weighted by Crippen LogP contribution is -2.06. The Hall–Kier alpha value is -3.07. The van der Waals surface area contributed by atoms with Crippen LogP contribution in [0.1, 0.15) is 25.1 Å². The number of hydrogen-bond acceptors (Lipinski definition) is 5. The lowest BCUT2D eigenvalue weighted by molar-refractivity contribution is -0.138. The molecule has 0 spiro atoms. The van der Waals surface area contributed by atoms with Crippen molar-refractivity contribution in [1.82, 2.24) is 4.40 Å². The van der Waals surface area contributed by atoms with Gasteiger partial charge in [0.1, 0.15) is 11.6 Å². The van der Waals surface area contributed by atoms with Crippen molar-refractivity contribution in [2.24, 2.45) is 0 Å². The molecule has 0 saturated heterocycles. The quantitative estimate of drug-likeness (QED) is 0.492. The van der Waals surface area contributed by atoms with Crippen LogP contribution in [0, 0.1) is 18.3 Å². The molecule has 0 bridgehead atoms. The average molecular weight is 312 g/mol. The number of fused-ring (bicyclic) bond motifs is 1. The second-order valence-electron chi connectivity index (χ2n) is 4.81. The molecule has 0 unspecified atom stereocenters. The summed E-state index contributed by atoms with van der Waals surface area (Å²) in [5.74, 6) is -0.914. The van der Waals surface area contributed by atoms with Crippen LogP contribution in [0.15, 0.2) is 30.0 Å². The maximum absolute atomic E-state index is 11.8. The third-order valence-corrected chi connectivity index (χ3v) is 3.18. The number of ether oxygens (including phenoxy) is 2. The van der Waals surface area contributed by atoms with E-state index in [2.05, 4.69) is 0 Å². The summed E-state index contributed by atoms with van der Waals surface area (Å²) in [4.78, 5) is 23.1. The van der Waals surface area contributed by atoms with Crippen LogP contribution in [0.25, 0.3) is 11.6 Å². The highest BCUT2D eigenvalue weighted by atomic mass is 16.5. The van der Waals surface area contributed by atoms with Crippen LogP contribution in [-0.2, 0) is 14.3 Å². The van der Waals surface area contributed by atoms with Gasteiger partial charge in [-0.05, 0) is 32.1 Å². The molecule has 0 N–H and O–H groups in total. The molecule has 0 amide bonds. The first-order valence-corrected chi connectivity index (χ1v) is 7.06. The maximum Gasteiger partial charge on any atom is 0.348 e. The van der Waals surface area contributed by atoms with Crippen LogP contribution >= 0.6 is 0 Å². The van der Waals surface area contributed by atoms with E-state index in [1.807, 2.05) is 35.6 Å². The van der Waals surface area contributed by atoms with E-state index in [1.54, 1.807) is 13.1 Å². The number of aromatic nitrogens is 1. The summed E-state index contributed by atoms with van der Waals surface area (Å²) in [5.41, 5.74) is 1.96. The lowest BCUT2D eigenvalue weighted by atomic mass is 10.1. The Kier molecular flexibility index (Phi) is 4.82. The van der Waals surface area contributed by atoms with Crippen LogP contribution in [0.2, 0.25) is 0 Å². The van der Waals surface area contributed by atoms with Gasteiger partial charge in [-0.15, -0.1) is 0 Å². The Bertz CT molecular complexity index is 840. The molecule has 6 nitrogen and oxygen atoms in total. The predicted octanol–water partition coefficient (Wildman–Crippen LogP) is 2.64. The minimum absolute atomic E-state index is 0.158. The Morgan fingerprint density at radius 2 is 2.13 bits per heavy atom. The van der Waals surface area contributed by atoms with Crippen LogP contribution < -0.4 is 4.74 Å². The molecule has 0 atom stereocenters. The van der Waals surface area contributed by atoms with E-state index in [0.717, 1.165) is 11.2 Å². The molecule has 2 aromatic rings. The van der Waals surface area contributed by atoms with Gasteiger partial charge >= 0.3 is 11.9 Å². The van der Waals surface area contributed by atoms with Crippen molar-refractivity contribution in [2.45, 2.75) is 20.8 Å². The molecule has 0 saturated carbocycles. The number of hydrogen-bond donors (Lipinski definition) is 0. The topological polar surface area (TPSA) is 80.8 Å². The van der Waals surface area contributed by atoms with E-state index in [4.69, 9.17) is 9.47 Å². The number of pyridine rings is 1. The number of nitriles is 1. The van der Waals surface area contributed by atoms with Crippen molar-refractivity contribution < 1.29 is 19.1 Å². The Labute approximate surface area is 133 Å². The summed E-state index contributed by atoms with van der Waals surface area (Å²) in [5, 5.41) is 9.19. The van der Waals surface area contributed by atoms with Gasteiger partial charge in [-0.1, -0.05) is 6.07 Å². The fraction of sp³-hybridized carbons (Fsp3) is 0.235. The Morgan fingerprint density at radius 3 is 2.74 bits per heavy atom. The number of rotatable bonds is 4. The predicted molar refractivity (Wildman–Crippen MR) is 83.7 cm³/mol. The van der Waals surface area contributed by atoms with Crippen molar-refractivity contribution in [3.63, 3.8) is 0 Å². The van der Waals surface area contributed by atoms with Gasteiger partial charge in [0.25, 0.3) is 0 Å². The second kappa shape index (κ2) is 6.79. The average Bonchev–Trinajstić information content (AvgIpc) is 2.83. The molecular formula is C17H16N2O4. The van der Waals surface area contributed by atoms with Crippen molar-refractivity contribution >= 4 is 23.5 Å². The molecule has 0 fully saturated rings. The third kappa shape index (κ3) is 3.40. The summed E-state index contributed by atoms with van der Waals surface area (Å²) in [6.45, 7) is 5.02. The highest BCUT2D eigenvalue weighted by molar-refractivity contribution is 6.00. The van der Waals surface area contributed by atoms with E-state index in [1.165, 1.54) is 13.0 Å². The van der Waals surface area contributed by atoms with Gasteiger partial charge in [-0.2, -0.15) is 5.26 Å². The third-order valence-electron chi connectivity index (χ3n) is 3.18. The summed E-state index contributed by atoms with van der Waals surface area (Å²) < 4.78 is 11.9. The lowest BCUT2D eigenvalue weighted by Gasteiger charge is -2.02. The van der Waals surface area contributed by atoms with E-state index in [-0.39, 0.29) is 17.9 Å². The number of carbonyl (C=O) groups is 2. The zero-order valence-electron chi connectivity index (χ0n) is 13.1. The molecule has 0 aromatic carbocycles. The molecule has 0 aliphatic carbocycles. The van der Waals surface area contributed by atoms with Gasteiger partial charge in [0.15, 0.2) is 5.75 Å². The van der Waals surface area contributed by atoms with Crippen molar-refractivity contribution in [3.8, 4) is 11.8 Å². The largest absolute Gasteiger partial charge is 0.462 e. The molecule has 6 heteroatoms. The molecular weight excluding hydrogens is 296 g/mol. The normalized spacial score (nSPS) is 11.1. The van der Waals surface area contributed by atoms with Crippen LogP contribution in [0.3, 0.4) is 0 Å². The zero-order valence-corrected chi connectivity index (χ0v) is 13.1.